The number of aliphatic hydroxyl groups excluding tert-OH is 4. The lowest BCUT2D eigenvalue weighted by Crippen LogP contribution is -2.62. The molecule has 17 nitrogen and oxygen atoms in total. The molecule has 2 unspecified atom stereocenters. The molecule has 0 bridgehead atoms. The van der Waals surface area contributed by atoms with Crippen LogP contribution in [0.5, 0.6) is 0 Å². The van der Waals surface area contributed by atoms with Gasteiger partial charge in [-0.2, -0.15) is 0 Å². The van der Waals surface area contributed by atoms with Crippen molar-refractivity contribution >= 4 is 11.9 Å². The van der Waals surface area contributed by atoms with Gasteiger partial charge in [0, 0.05) is 51.2 Å². The van der Waals surface area contributed by atoms with Crippen LogP contribution in [0.3, 0.4) is 0 Å². The molecule has 0 radical (unpaired) electrons. The van der Waals surface area contributed by atoms with E-state index in [1.807, 2.05) is 62.9 Å². The Balaban J connectivity index is 1.48. The lowest BCUT2D eigenvalue weighted by atomic mass is 9.68. The Morgan fingerprint density at radius 1 is 1.00 bits per heavy atom. The largest absolute Gasteiger partial charge is 0.459 e. The Labute approximate surface area is 418 Å². The zero-order valence-electron chi connectivity index (χ0n) is 44.7. The predicted molar refractivity (Wildman–Crippen MR) is 265 cm³/mol. The van der Waals surface area contributed by atoms with E-state index in [4.69, 9.17) is 23.7 Å². The Kier molecular flexibility index (Phi) is 20.3. The number of likely N-dealkylation sites (N-methyl/N-ethyl adjacent to an activating group) is 2. The highest BCUT2D eigenvalue weighted by Crippen LogP contribution is 2.45. The number of nitrogens with one attached hydrogen (secondary N) is 1. The van der Waals surface area contributed by atoms with Gasteiger partial charge in [0.05, 0.1) is 59.7 Å². The number of carbonyl (C=O) groups is 2. The van der Waals surface area contributed by atoms with E-state index in [1.54, 1.807) is 48.5 Å². The van der Waals surface area contributed by atoms with Crippen LogP contribution in [-0.4, -0.2) is 200 Å². The van der Waals surface area contributed by atoms with Crippen molar-refractivity contribution in [3.63, 3.8) is 0 Å². The third kappa shape index (κ3) is 13.5. The third-order valence-electron chi connectivity index (χ3n) is 16.8. The van der Waals surface area contributed by atoms with Crippen LogP contribution in [0.15, 0.2) is 30.3 Å². The van der Waals surface area contributed by atoms with Crippen LogP contribution >= 0.6 is 0 Å². The number of nitrogens with zero attached hydrogens (tertiary/aromatic N) is 3. The molecular weight excluding hydrogens is 901 g/mol. The molecule has 4 saturated heterocycles. The van der Waals surface area contributed by atoms with Crippen LogP contribution in [0.2, 0.25) is 0 Å². The lowest BCUT2D eigenvalue weighted by Gasteiger charge is -2.51. The number of amides is 1. The average molecular weight is 993 g/mol. The summed E-state index contributed by atoms with van der Waals surface area (Å²) in [5.41, 5.74) is -3.41. The summed E-state index contributed by atoms with van der Waals surface area (Å²) in [7, 11) is 5.20. The molecule has 0 aromatic heterocycles. The molecule has 21 atom stereocenters. The number of aliphatic hydroxyl groups is 6. The second kappa shape index (κ2) is 24.3. The SMILES string of the molecule is CC[C@H]1OC(=O)[C@H](C)[C@@H](C2C[C@@](C)(OC)[C@@H](O)[C@H](C)O2)[C@H](C)[C@@H](O[C@@H]2O[C@H](C)C[C@H](N(C)C[C@H](NC(=O)C3CCCN3Cc3ccccc3)[C@H](C)O)[C@H]2O)[C@](C)(O)C[C@@H](C)CN(C)[C@H](C)[C@@H](O)[C@]1(C)O. The third-order valence-corrected chi connectivity index (χ3v) is 16.8. The van der Waals surface area contributed by atoms with Crippen molar-refractivity contribution in [3.8, 4) is 0 Å². The first kappa shape index (κ1) is 58.5. The Morgan fingerprint density at radius 3 is 2.27 bits per heavy atom. The van der Waals surface area contributed by atoms with Crippen molar-refractivity contribution in [2.75, 3.05) is 40.8 Å². The van der Waals surface area contributed by atoms with Crippen molar-refractivity contribution in [1.29, 1.82) is 0 Å². The quantitative estimate of drug-likeness (QED) is 0.141. The van der Waals surface area contributed by atoms with Crippen LogP contribution in [0.1, 0.15) is 120 Å². The van der Waals surface area contributed by atoms with Gasteiger partial charge in [-0.05, 0) is 119 Å². The van der Waals surface area contributed by atoms with E-state index in [1.165, 1.54) is 14.0 Å². The van der Waals surface area contributed by atoms with Crippen molar-refractivity contribution in [1.82, 2.24) is 20.0 Å². The van der Waals surface area contributed by atoms with E-state index in [9.17, 15) is 40.2 Å². The van der Waals surface area contributed by atoms with Crippen LogP contribution in [0.25, 0.3) is 0 Å². The van der Waals surface area contributed by atoms with Gasteiger partial charge in [-0.1, -0.05) is 58.0 Å². The summed E-state index contributed by atoms with van der Waals surface area (Å²) in [6, 6.07) is 7.90. The summed E-state index contributed by atoms with van der Waals surface area (Å²) in [5.74, 6) is -3.44. The summed E-state index contributed by atoms with van der Waals surface area (Å²) in [4.78, 5) is 34.6. The van der Waals surface area contributed by atoms with Crippen LogP contribution in [0, 0.1) is 23.7 Å². The van der Waals surface area contributed by atoms with Gasteiger partial charge in [-0.25, -0.2) is 0 Å². The van der Waals surface area contributed by atoms with Crippen molar-refractivity contribution in [2.24, 2.45) is 23.7 Å². The molecule has 1 aromatic carbocycles. The second-order valence-corrected chi connectivity index (χ2v) is 22.7. The number of hydrogen-bond donors (Lipinski definition) is 7. The molecule has 4 fully saturated rings. The molecule has 0 saturated carbocycles. The predicted octanol–water partition coefficient (Wildman–Crippen LogP) is 3.07. The molecular formula is C53H92N4O13. The maximum absolute atomic E-state index is 14.6. The fourth-order valence-corrected chi connectivity index (χ4v) is 12.4. The Bertz CT molecular complexity index is 1810. The second-order valence-electron chi connectivity index (χ2n) is 22.7. The van der Waals surface area contributed by atoms with E-state index in [0.29, 0.717) is 25.9 Å². The van der Waals surface area contributed by atoms with Gasteiger partial charge in [-0.3, -0.25) is 19.4 Å². The summed E-state index contributed by atoms with van der Waals surface area (Å²) < 4.78 is 32.2. The number of rotatable bonds is 13. The Hall–Kier alpha value is -2.36. The maximum atomic E-state index is 14.6. The molecule has 1 amide bonds. The van der Waals surface area contributed by atoms with E-state index in [-0.39, 0.29) is 43.7 Å². The van der Waals surface area contributed by atoms with Gasteiger partial charge in [0.2, 0.25) is 5.91 Å². The first-order valence-electron chi connectivity index (χ1n) is 26.0. The Morgan fingerprint density at radius 2 is 1.66 bits per heavy atom. The molecule has 17 heteroatoms. The fourth-order valence-electron chi connectivity index (χ4n) is 12.4. The van der Waals surface area contributed by atoms with Crippen molar-refractivity contribution in [3.05, 3.63) is 35.9 Å². The number of ether oxygens (including phenoxy) is 5. The van der Waals surface area contributed by atoms with Crippen LogP contribution in [-0.2, 0) is 39.8 Å². The van der Waals surface area contributed by atoms with Crippen LogP contribution < -0.4 is 5.32 Å². The summed E-state index contributed by atoms with van der Waals surface area (Å²) in [6.45, 7) is 21.5. The van der Waals surface area contributed by atoms with E-state index in [2.05, 4.69) is 22.3 Å². The number of hydrogen-bond acceptors (Lipinski definition) is 16. The molecule has 1 aromatic rings. The molecule has 0 spiro atoms. The normalized spacial score (nSPS) is 43.2. The van der Waals surface area contributed by atoms with Crippen LogP contribution in [0.4, 0.5) is 0 Å². The number of cyclic esters (lactones) is 1. The fraction of sp³-hybridized carbons (Fsp3) is 0.849. The average Bonchev–Trinajstić information content (AvgIpc) is 3.76. The summed E-state index contributed by atoms with van der Waals surface area (Å²) in [6.07, 6.45) is -7.27. The van der Waals surface area contributed by atoms with Gasteiger partial charge < -0.3 is 64.5 Å². The van der Waals surface area contributed by atoms with Gasteiger partial charge in [-0.15, -0.1) is 0 Å². The highest BCUT2D eigenvalue weighted by atomic mass is 16.7. The molecule has 4 heterocycles. The highest BCUT2D eigenvalue weighted by molar-refractivity contribution is 5.82. The van der Waals surface area contributed by atoms with Gasteiger partial charge >= 0.3 is 5.97 Å². The van der Waals surface area contributed by atoms with E-state index >= 15 is 0 Å². The molecule has 402 valence electrons. The number of likely N-dealkylation sites (tertiary alicyclic amines) is 1. The molecule has 7 N–H and O–H groups in total. The number of methoxy groups -OCH3 is 1. The summed E-state index contributed by atoms with van der Waals surface area (Å²) >= 11 is 0. The van der Waals surface area contributed by atoms with Crippen molar-refractivity contribution < 1.29 is 63.9 Å². The van der Waals surface area contributed by atoms with Gasteiger partial charge in [0.25, 0.3) is 0 Å². The highest BCUT2D eigenvalue weighted by Gasteiger charge is 2.55. The monoisotopic (exact) mass is 993 g/mol. The van der Waals surface area contributed by atoms with Gasteiger partial charge in [0.15, 0.2) is 6.29 Å². The lowest BCUT2D eigenvalue weighted by molar-refractivity contribution is -0.303. The molecule has 4 aliphatic rings. The van der Waals surface area contributed by atoms with E-state index < -0.39 is 120 Å². The smallest absolute Gasteiger partial charge is 0.309 e. The summed E-state index contributed by atoms with van der Waals surface area (Å²) in [5, 5.41) is 74.5. The van der Waals surface area contributed by atoms with E-state index in [0.717, 1.165) is 18.5 Å². The molecule has 70 heavy (non-hydrogen) atoms. The van der Waals surface area contributed by atoms with Gasteiger partial charge in [0.1, 0.15) is 30.0 Å². The molecule has 4 aliphatic heterocycles. The minimum Gasteiger partial charge on any atom is -0.459 e. The zero-order valence-corrected chi connectivity index (χ0v) is 44.7. The standard InChI is InChI=1S/C53H92N4O13/c1-15-42-53(11,65)45(60)34(6)55(12)27-30(2)25-51(9,64)47(32(4)43(33(5)49(63)69-42)41-26-52(10,66-14)46(61)36(8)68-41)70-50-44(59)40(24-31(3)67-50)56(13)29-38(35(7)58)54-48(62)39-22-19-23-57(39)28-37-20-17-16-18-21-37/h16-18,20-21,30-36,38-47,50,58-61,64-65H,15,19,22-29H2,1-14H3,(H,54,62)/t30-,31-,32+,33-,34-,35+,36+,38+,39?,40+,41?,42-,43+,44-,45-,46+,47-,50+,51-,52-,53-/m1/s1. The number of carbonyl (C=O) groups excluding carboxylic acids is 2. The minimum absolute atomic E-state index is 0.151. The molecule has 0 aliphatic carbocycles. The molecule has 5 rings (SSSR count). The number of benzene rings is 1. The first-order valence-corrected chi connectivity index (χ1v) is 26.0. The number of esters is 1. The minimum atomic E-state index is -1.83. The maximum Gasteiger partial charge on any atom is 0.309 e. The zero-order chi connectivity index (χ0) is 52.2. The van der Waals surface area contributed by atoms with Crippen molar-refractivity contribution in [2.45, 2.75) is 223 Å². The topological polar surface area (TPSA) is 223 Å². The first-order chi connectivity index (χ1) is 32.7.